The van der Waals surface area contributed by atoms with Crippen molar-refractivity contribution in [1.82, 2.24) is 4.98 Å². The van der Waals surface area contributed by atoms with Crippen LogP contribution in [0.15, 0.2) is 12.7 Å². The van der Waals surface area contributed by atoms with Crippen molar-refractivity contribution >= 4 is 32.2 Å². The number of aromatic nitrogens is 1. The van der Waals surface area contributed by atoms with Gasteiger partial charge in [-0.05, 0) is 13.8 Å². The summed E-state index contributed by atoms with van der Waals surface area (Å²) in [5.41, 5.74) is 0.833. The normalized spacial score (nSPS) is 11.2. The highest BCUT2D eigenvalue weighted by atomic mass is 32.2. The third kappa shape index (κ3) is 4.27. The van der Waals surface area contributed by atoms with Crippen LogP contribution in [0.1, 0.15) is 10.6 Å². The predicted molar refractivity (Wildman–Crippen MR) is 69.1 cm³/mol. The van der Waals surface area contributed by atoms with E-state index in [-0.39, 0.29) is 5.75 Å². The lowest BCUT2D eigenvalue weighted by molar-refractivity contribution is -0.113. The first-order valence-corrected chi connectivity index (χ1v) is 7.53. The Kier molecular flexibility index (Phi) is 4.41. The smallest absolute Gasteiger partial charge is 0.241 e. The van der Waals surface area contributed by atoms with Gasteiger partial charge in [0.15, 0.2) is 15.0 Å². The number of nitrogens with one attached hydrogen (secondary N) is 1. The summed E-state index contributed by atoms with van der Waals surface area (Å²) in [7, 11) is -3.41. The molecule has 0 unspecified atom stereocenters. The van der Waals surface area contributed by atoms with Gasteiger partial charge in [-0.3, -0.25) is 4.79 Å². The zero-order valence-corrected chi connectivity index (χ0v) is 11.3. The van der Waals surface area contributed by atoms with Gasteiger partial charge >= 0.3 is 0 Å². The Hall–Kier alpha value is -1.21. The number of carbonyl (C=O) groups is 1. The summed E-state index contributed by atoms with van der Waals surface area (Å²) in [4.78, 5) is 16.6. The van der Waals surface area contributed by atoms with E-state index in [1.54, 1.807) is 0 Å². The number of sulfone groups is 1. The molecule has 1 N–H and O–H groups in total. The molecular formula is C10H14N2O3S2. The minimum absolute atomic E-state index is 0.198. The van der Waals surface area contributed by atoms with Crippen molar-refractivity contribution in [3.05, 3.63) is 23.2 Å². The second-order valence-electron chi connectivity index (χ2n) is 3.55. The van der Waals surface area contributed by atoms with Gasteiger partial charge in [-0.15, -0.1) is 17.9 Å². The number of amides is 1. The van der Waals surface area contributed by atoms with E-state index in [0.717, 1.165) is 10.6 Å². The molecule has 0 aromatic carbocycles. The van der Waals surface area contributed by atoms with Gasteiger partial charge < -0.3 is 5.32 Å². The molecule has 0 bridgehead atoms. The molecule has 1 heterocycles. The van der Waals surface area contributed by atoms with Crippen LogP contribution in [0.25, 0.3) is 0 Å². The zero-order chi connectivity index (χ0) is 13.1. The maximum atomic E-state index is 11.5. The lowest BCUT2D eigenvalue weighted by atomic mass is 10.4. The molecule has 0 saturated heterocycles. The highest BCUT2D eigenvalue weighted by molar-refractivity contribution is 7.92. The molecule has 0 aliphatic carbocycles. The molecule has 0 fully saturated rings. The Labute approximate surface area is 104 Å². The van der Waals surface area contributed by atoms with E-state index in [1.165, 1.54) is 17.4 Å². The van der Waals surface area contributed by atoms with Crippen LogP contribution in [0.4, 0.5) is 5.13 Å². The van der Waals surface area contributed by atoms with E-state index >= 15 is 0 Å². The summed E-state index contributed by atoms with van der Waals surface area (Å²) in [6.07, 6.45) is 1.26. The van der Waals surface area contributed by atoms with E-state index < -0.39 is 21.5 Å². The van der Waals surface area contributed by atoms with E-state index in [2.05, 4.69) is 16.9 Å². The molecule has 0 spiro atoms. The fourth-order valence-corrected chi connectivity index (χ4v) is 2.90. The van der Waals surface area contributed by atoms with E-state index in [1.807, 2.05) is 13.8 Å². The number of hydrogen-bond acceptors (Lipinski definition) is 5. The van der Waals surface area contributed by atoms with Crippen LogP contribution in [0.5, 0.6) is 0 Å². The van der Waals surface area contributed by atoms with E-state index in [9.17, 15) is 13.2 Å². The fourth-order valence-electron chi connectivity index (χ4n) is 1.12. The molecule has 1 aromatic heterocycles. The number of aryl methyl sites for hydroxylation is 2. The lowest BCUT2D eigenvalue weighted by Crippen LogP contribution is -2.24. The molecule has 1 aromatic rings. The van der Waals surface area contributed by atoms with Gasteiger partial charge in [-0.25, -0.2) is 13.4 Å². The summed E-state index contributed by atoms with van der Waals surface area (Å²) < 4.78 is 22.7. The second-order valence-corrected chi connectivity index (χ2v) is 6.86. The summed E-state index contributed by atoms with van der Waals surface area (Å²) in [6, 6.07) is 0. The van der Waals surface area contributed by atoms with Gasteiger partial charge in [0.05, 0.1) is 11.4 Å². The summed E-state index contributed by atoms with van der Waals surface area (Å²) in [6.45, 7) is 7.05. The zero-order valence-electron chi connectivity index (χ0n) is 9.69. The molecule has 0 atom stereocenters. The number of hydrogen-bond donors (Lipinski definition) is 1. The van der Waals surface area contributed by atoms with Gasteiger partial charge in [0.25, 0.3) is 0 Å². The molecule has 0 aliphatic heterocycles. The first kappa shape index (κ1) is 13.9. The van der Waals surface area contributed by atoms with Crippen LogP contribution in [0.2, 0.25) is 0 Å². The number of thiazole rings is 1. The number of carbonyl (C=O) groups excluding carboxylic acids is 1. The van der Waals surface area contributed by atoms with Crippen LogP contribution in [-0.2, 0) is 14.6 Å². The average molecular weight is 274 g/mol. The van der Waals surface area contributed by atoms with Crippen LogP contribution in [-0.4, -0.2) is 30.8 Å². The largest absolute Gasteiger partial charge is 0.301 e. The Morgan fingerprint density at radius 3 is 2.65 bits per heavy atom. The van der Waals surface area contributed by atoms with Crippen molar-refractivity contribution in [3.8, 4) is 0 Å². The van der Waals surface area contributed by atoms with Gasteiger partial charge in [-0.2, -0.15) is 0 Å². The Bertz CT molecular complexity index is 512. The van der Waals surface area contributed by atoms with Gasteiger partial charge in [0.1, 0.15) is 5.75 Å². The predicted octanol–water partition coefficient (Wildman–Crippen LogP) is 1.30. The summed E-state index contributed by atoms with van der Waals surface area (Å²) >= 11 is 1.32. The third-order valence-corrected chi connectivity index (χ3v) is 4.43. The molecule has 5 nitrogen and oxygen atoms in total. The first-order valence-electron chi connectivity index (χ1n) is 4.89. The average Bonchev–Trinajstić information content (AvgIpc) is 2.43. The fraction of sp³-hybridized carbons (Fsp3) is 0.400. The monoisotopic (exact) mass is 274 g/mol. The van der Waals surface area contributed by atoms with Crippen LogP contribution < -0.4 is 5.32 Å². The maximum Gasteiger partial charge on any atom is 0.241 e. The standard InChI is InChI=1S/C10H14N2O3S2/c1-4-5-17(14,15)6-9(13)12-10-11-7(2)8(3)16-10/h4H,1,5-6H2,2-3H3,(H,11,12,13). The third-order valence-electron chi connectivity index (χ3n) is 2.00. The van der Waals surface area contributed by atoms with Crippen LogP contribution in [0.3, 0.4) is 0 Å². The topological polar surface area (TPSA) is 76.1 Å². The minimum Gasteiger partial charge on any atom is -0.301 e. The molecule has 1 rings (SSSR count). The Balaban J connectivity index is 2.64. The van der Waals surface area contributed by atoms with Crippen molar-refractivity contribution in [2.75, 3.05) is 16.8 Å². The Morgan fingerprint density at radius 1 is 1.53 bits per heavy atom. The maximum absolute atomic E-state index is 11.5. The second kappa shape index (κ2) is 5.42. The molecule has 1 amide bonds. The highest BCUT2D eigenvalue weighted by Crippen LogP contribution is 2.20. The van der Waals surface area contributed by atoms with Crippen molar-refractivity contribution in [3.63, 3.8) is 0 Å². The first-order chi connectivity index (χ1) is 7.84. The number of rotatable bonds is 5. The molecule has 0 saturated carbocycles. The minimum atomic E-state index is -3.41. The van der Waals surface area contributed by atoms with Gasteiger partial charge in [0.2, 0.25) is 5.91 Å². The summed E-state index contributed by atoms with van der Waals surface area (Å²) in [5, 5.41) is 2.90. The van der Waals surface area contributed by atoms with E-state index in [4.69, 9.17) is 0 Å². The molecule has 0 radical (unpaired) electrons. The number of nitrogens with zero attached hydrogens (tertiary/aromatic N) is 1. The quantitative estimate of drug-likeness (QED) is 0.821. The molecular weight excluding hydrogens is 260 g/mol. The van der Waals surface area contributed by atoms with Gasteiger partial charge in [-0.1, -0.05) is 6.08 Å². The molecule has 0 aliphatic rings. The SMILES string of the molecule is C=CCS(=O)(=O)CC(=O)Nc1nc(C)c(C)s1. The molecule has 7 heteroatoms. The Morgan fingerprint density at radius 2 is 2.18 bits per heavy atom. The summed E-state index contributed by atoms with van der Waals surface area (Å²) in [5.74, 6) is -1.31. The molecule has 17 heavy (non-hydrogen) atoms. The van der Waals surface area contributed by atoms with Crippen molar-refractivity contribution in [2.45, 2.75) is 13.8 Å². The van der Waals surface area contributed by atoms with Crippen molar-refractivity contribution in [1.29, 1.82) is 0 Å². The van der Waals surface area contributed by atoms with E-state index in [0.29, 0.717) is 5.13 Å². The van der Waals surface area contributed by atoms with Crippen LogP contribution >= 0.6 is 11.3 Å². The van der Waals surface area contributed by atoms with Gasteiger partial charge in [0, 0.05) is 4.88 Å². The lowest BCUT2D eigenvalue weighted by Gasteiger charge is -2.01. The highest BCUT2D eigenvalue weighted by Gasteiger charge is 2.16. The van der Waals surface area contributed by atoms with Crippen molar-refractivity contribution in [2.24, 2.45) is 0 Å². The van der Waals surface area contributed by atoms with Crippen LogP contribution in [0, 0.1) is 13.8 Å². The molecule has 94 valence electrons. The number of anilines is 1. The van der Waals surface area contributed by atoms with Crippen molar-refractivity contribution < 1.29 is 13.2 Å².